The number of nitrogens with one attached hydrogen (secondary N) is 1. The van der Waals surface area contributed by atoms with Crippen molar-refractivity contribution in [2.75, 3.05) is 10.5 Å². The first-order valence-electron chi connectivity index (χ1n) is 5.42. The minimum atomic E-state index is -1.64. The molecule has 0 aliphatic heterocycles. The first-order valence-corrected chi connectivity index (χ1v) is 6.50. The van der Waals surface area contributed by atoms with Crippen molar-refractivity contribution in [1.82, 2.24) is 0 Å². The molecule has 0 bridgehead atoms. The van der Waals surface area contributed by atoms with Crippen LogP contribution >= 0.6 is 0 Å². The normalized spacial score (nSPS) is 11.8. The zero-order chi connectivity index (χ0) is 13.0. The molecule has 0 radical (unpaired) electrons. The van der Waals surface area contributed by atoms with Crippen LogP contribution in [-0.4, -0.2) is 4.21 Å². The van der Waals surface area contributed by atoms with Crippen LogP contribution < -0.4 is 14.6 Å². The molecular formula is C13H14N2O2S. The topological polar surface area (TPSA) is 64.3 Å². The Bertz CT molecular complexity index is 555. The molecule has 2 rings (SSSR count). The minimum absolute atomic E-state index is 0.551. The summed E-state index contributed by atoms with van der Waals surface area (Å²) >= 11 is -1.64. The number of nitrogen functional groups attached to an aromatic ring is 1. The van der Waals surface area contributed by atoms with Crippen LogP contribution in [0, 0.1) is 6.92 Å². The predicted octanol–water partition coefficient (Wildman–Crippen LogP) is 2.65. The van der Waals surface area contributed by atoms with Crippen molar-refractivity contribution >= 4 is 22.6 Å². The summed E-state index contributed by atoms with van der Waals surface area (Å²) in [5.41, 5.74) is 8.00. The van der Waals surface area contributed by atoms with Crippen LogP contribution in [0.3, 0.4) is 0 Å². The van der Waals surface area contributed by atoms with Crippen LogP contribution in [0.15, 0.2) is 48.5 Å². The zero-order valence-electron chi connectivity index (χ0n) is 9.92. The summed E-state index contributed by atoms with van der Waals surface area (Å²) in [7, 11) is 0. The van der Waals surface area contributed by atoms with Crippen molar-refractivity contribution in [2.45, 2.75) is 6.92 Å². The Kier molecular flexibility index (Phi) is 3.84. The fraction of sp³-hybridized carbons (Fsp3) is 0.0769. The molecule has 2 aromatic rings. The fourth-order valence-electron chi connectivity index (χ4n) is 1.40. The molecule has 1 atom stereocenters. The highest BCUT2D eigenvalue weighted by atomic mass is 32.2. The van der Waals surface area contributed by atoms with Crippen molar-refractivity contribution < 1.29 is 8.39 Å². The van der Waals surface area contributed by atoms with E-state index >= 15 is 0 Å². The van der Waals surface area contributed by atoms with E-state index in [0.29, 0.717) is 17.1 Å². The molecule has 4 nitrogen and oxygen atoms in total. The summed E-state index contributed by atoms with van der Waals surface area (Å²) in [6, 6.07) is 14.3. The Labute approximate surface area is 109 Å². The maximum absolute atomic E-state index is 11.7. The number of aryl methyl sites for hydroxylation is 1. The predicted molar refractivity (Wildman–Crippen MR) is 74.4 cm³/mol. The van der Waals surface area contributed by atoms with Crippen LogP contribution in [-0.2, 0) is 11.3 Å². The molecule has 0 amide bonds. The average molecular weight is 262 g/mol. The number of hydrogen-bond donors (Lipinski definition) is 2. The summed E-state index contributed by atoms with van der Waals surface area (Å²) in [6.07, 6.45) is 0. The van der Waals surface area contributed by atoms with Gasteiger partial charge < -0.3 is 9.92 Å². The van der Waals surface area contributed by atoms with Gasteiger partial charge in [-0.15, -0.1) is 0 Å². The lowest BCUT2D eigenvalue weighted by Crippen LogP contribution is -2.11. The molecule has 2 aromatic carbocycles. The summed E-state index contributed by atoms with van der Waals surface area (Å²) in [5.74, 6) is 0.551. The van der Waals surface area contributed by atoms with Crippen LogP contribution in [0.2, 0.25) is 0 Å². The first kappa shape index (κ1) is 12.4. The van der Waals surface area contributed by atoms with E-state index in [0.717, 1.165) is 5.56 Å². The van der Waals surface area contributed by atoms with E-state index in [9.17, 15) is 4.21 Å². The Hall–Kier alpha value is -2.01. The minimum Gasteiger partial charge on any atom is -0.399 e. The summed E-state index contributed by atoms with van der Waals surface area (Å²) < 4.78 is 19.7. The number of rotatable bonds is 4. The molecule has 0 spiro atoms. The largest absolute Gasteiger partial charge is 0.399 e. The Balaban J connectivity index is 1.98. The molecule has 0 aliphatic carbocycles. The number of hydrogen-bond acceptors (Lipinski definition) is 3. The number of benzene rings is 2. The van der Waals surface area contributed by atoms with Gasteiger partial charge in [-0.3, -0.25) is 4.72 Å². The molecule has 0 heterocycles. The van der Waals surface area contributed by atoms with Crippen LogP contribution in [0.5, 0.6) is 5.75 Å². The zero-order valence-corrected chi connectivity index (χ0v) is 10.7. The standard InChI is InChI=1S/C13H14N2O2S/c1-10-5-7-13(8-6-10)17-18(16)15-12-4-2-3-11(14)9-12/h2-9,15H,14H2,1H3. The van der Waals surface area contributed by atoms with Crippen LogP contribution in [0.1, 0.15) is 5.56 Å². The highest BCUT2D eigenvalue weighted by Gasteiger charge is 2.03. The molecule has 94 valence electrons. The molecule has 18 heavy (non-hydrogen) atoms. The lowest BCUT2D eigenvalue weighted by Gasteiger charge is -2.07. The van der Waals surface area contributed by atoms with E-state index in [1.54, 1.807) is 36.4 Å². The van der Waals surface area contributed by atoms with Gasteiger partial charge in [-0.05, 0) is 37.3 Å². The van der Waals surface area contributed by atoms with Gasteiger partial charge in [0.05, 0.1) is 5.69 Å². The van der Waals surface area contributed by atoms with Gasteiger partial charge in [0, 0.05) is 5.69 Å². The van der Waals surface area contributed by atoms with Crippen molar-refractivity contribution in [3.05, 3.63) is 54.1 Å². The highest BCUT2D eigenvalue weighted by Crippen LogP contribution is 2.16. The molecular weight excluding hydrogens is 248 g/mol. The smallest absolute Gasteiger partial charge is 0.316 e. The van der Waals surface area contributed by atoms with Gasteiger partial charge >= 0.3 is 11.3 Å². The van der Waals surface area contributed by atoms with Crippen molar-refractivity contribution in [2.24, 2.45) is 0 Å². The molecule has 0 aromatic heterocycles. The summed E-state index contributed by atoms with van der Waals surface area (Å²) in [6.45, 7) is 1.98. The monoisotopic (exact) mass is 262 g/mol. The molecule has 0 fully saturated rings. The quantitative estimate of drug-likeness (QED) is 0.832. The van der Waals surface area contributed by atoms with Gasteiger partial charge in [-0.25, -0.2) is 0 Å². The first-order chi connectivity index (χ1) is 8.63. The van der Waals surface area contributed by atoms with E-state index in [4.69, 9.17) is 9.92 Å². The lowest BCUT2D eigenvalue weighted by molar-refractivity contribution is 0.567. The molecule has 0 saturated heterocycles. The summed E-state index contributed by atoms with van der Waals surface area (Å²) in [4.78, 5) is 0. The van der Waals surface area contributed by atoms with E-state index in [-0.39, 0.29) is 0 Å². The number of anilines is 2. The Morgan fingerprint density at radius 3 is 2.56 bits per heavy atom. The van der Waals surface area contributed by atoms with Gasteiger partial charge in [0.25, 0.3) is 0 Å². The third-order valence-corrected chi connectivity index (χ3v) is 3.03. The van der Waals surface area contributed by atoms with Gasteiger partial charge in [0.2, 0.25) is 0 Å². The number of nitrogens with two attached hydrogens (primary N) is 1. The Morgan fingerprint density at radius 2 is 1.89 bits per heavy atom. The molecule has 0 saturated carbocycles. The molecule has 1 unspecified atom stereocenters. The molecule has 0 aliphatic rings. The summed E-state index contributed by atoms with van der Waals surface area (Å²) in [5, 5.41) is 0. The maximum Gasteiger partial charge on any atom is 0.316 e. The average Bonchev–Trinajstić information content (AvgIpc) is 2.32. The fourth-order valence-corrected chi connectivity index (χ4v) is 2.05. The molecule has 3 N–H and O–H groups in total. The second-order valence-electron chi connectivity index (χ2n) is 3.86. The van der Waals surface area contributed by atoms with Crippen LogP contribution in [0.4, 0.5) is 11.4 Å². The van der Waals surface area contributed by atoms with Gasteiger partial charge in [0.15, 0.2) is 0 Å². The third-order valence-electron chi connectivity index (χ3n) is 2.28. The van der Waals surface area contributed by atoms with Gasteiger partial charge in [0.1, 0.15) is 5.75 Å². The van der Waals surface area contributed by atoms with Gasteiger partial charge in [-0.1, -0.05) is 23.8 Å². The Morgan fingerprint density at radius 1 is 1.17 bits per heavy atom. The second kappa shape index (κ2) is 5.55. The highest BCUT2D eigenvalue weighted by molar-refractivity contribution is 7.81. The third kappa shape index (κ3) is 3.49. The van der Waals surface area contributed by atoms with E-state index in [2.05, 4.69) is 4.72 Å². The van der Waals surface area contributed by atoms with E-state index < -0.39 is 11.3 Å². The van der Waals surface area contributed by atoms with Crippen molar-refractivity contribution in [3.63, 3.8) is 0 Å². The van der Waals surface area contributed by atoms with Crippen molar-refractivity contribution in [3.8, 4) is 5.75 Å². The lowest BCUT2D eigenvalue weighted by atomic mass is 10.2. The van der Waals surface area contributed by atoms with Crippen LogP contribution in [0.25, 0.3) is 0 Å². The van der Waals surface area contributed by atoms with Crippen molar-refractivity contribution in [1.29, 1.82) is 0 Å². The second-order valence-corrected chi connectivity index (χ2v) is 4.70. The maximum atomic E-state index is 11.7. The van der Waals surface area contributed by atoms with E-state index in [1.165, 1.54) is 0 Å². The van der Waals surface area contributed by atoms with Gasteiger partial charge in [-0.2, -0.15) is 4.21 Å². The molecule has 5 heteroatoms. The van der Waals surface area contributed by atoms with E-state index in [1.807, 2.05) is 19.1 Å². The SMILES string of the molecule is Cc1ccc(OS(=O)Nc2cccc(N)c2)cc1.